The minimum Gasteiger partial charge on any atom is -0.295 e. The second-order valence-corrected chi connectivity index (χ2v) is 6.91. The van der Waals surface area contributed by atoms with Crippen molar-refractivity contribution in [2.75, 3.05) is 6.61 Å². The molecule has 1 aromatic heterocycles. The Morgan fingerprint density at radius 1 is 1.21 bits per heavy atom. The Balaban J connectivity index is 1.74. The maximum atomic E-state index is 14.1. The number of nitrogens with one attached hydrogen (secondary N) is 1. The summed E-state index contributed by atoms with van der Waals surface area (Å²) in [5.41, 5.74) is 2.19. The van der Waals surface area contributed by atoms with Gasteiger partial charge in [0.1, 0.15) is 0 Å². The van der Waals surface area contributed by atoms with Crippen LogP contribution in [0.15, 0.2) is 42.7 Å². The molecule has 3 rings (SSSR count). The van der Waals surface area contributed by atoms with Crippen molar-refractivity contribution in [3.8, 4) is 0 Å². The zero-order valence-corrected chi connectivity index (χ0v) is 15.9. The molecule has 1 aliphatic carbocycles. The fourth-order valence-electron chi connectivity index (χ4n) is 2.20. The first kappa shape index (κ1) is 20.9. The highest BCUT2D eigenvalue weighted by molar-refractivity contribution is 6.35. The lowest BCUT2D eigenvalue weighted by atomic mass is 10.2. The largest absolute Gasteiger partial charge is 0.488 e. The summed E-state index contributed by atoms with van der Waals surface area (Å²) in [6.07, 6.45) is -1.81. The SMILES string of the molecule is O=C(NOC(OC(F)(F)OCC1CC1)c1c(Cl)cncc1Cl)c1ccccc1. The normalized spacial score (nSPS) is 15.3. The van der Waals surface area contributed by atoms with E-state index in [1.165, 1.54) is 24.5 Å². The van der Waals surface area contributed by atoms with Crippen molar-refractivity contribution < 1.29 is 27.9 Å². The molecule has 0 radical (unpaired) electrons. The number of rotatable bonds is 9. The quantitative estimate of drug-likeness (QED) is 0.457. The van der Waals surface area contributed by atoms with Gasteiger partial charge in [-0.15, -0.1) is 8.78 Å². The molecule has 1 saturated carbocycles. The van der Waals surface area contributed by atoms with Crippen LogP contribution in [-0.4, -0.2) is 23.8 Å². The number of hydroxylamine groups is 1. The molecular formula is C18H16Cl2F2N2O4. The highest BCUT2D eigenvalue weighted by Crippen LogP contribution is 2.37. The molecule has 1 aliphatic rings. The summed E-state index contributed by atoms with van der Waals surface area (Å²) in [4.78, 5) is 21.0. The molecule has 10 heteroatoms. The van der Waals surface area contributed by atoms with E-state index in [1.807, 2.05) is 0 Å². The average Bonchev–Trinajstić information content (AvgIpc) is 3.49. The topological polar surface area (TPSA) is 69.7 Å². The molecule has 1 atom stereocenters. The summed E-state index contributed by atoms with van der Waals surface area (Å²) in [5, 5.41) is -0.158. The van der Waals surface area contributed by atoms with Crippen LogP contribution in [0.3, 0.4) is 0 Å². The highest BCUT2D eigenvalue weighted by Gasteiger charge is 2.40. The van der Waals surface area contributed by atoms with Crippen molar-refractivity contribution in [2.45, 2.75) is 25.4 Å². The Labute approximate surface area is 169 Å². The van der Waals surface area contributed by atoms with Crippen LogP contribution in [0.4, 0.5) is 8.78 Å². The molecule has 2 aromatic rings. The van der Waals surface area contributed by atoms with Crippen molar-refractivity contribution in [2.24, 2.45) is 5.92 Å². The lowest BCUT2D eigenvalue weighted by molar-refractivity contribution is -0.438. The van der Waals surface area contributed by atoms with Crippen LogP contribution in [0.1, 0.15) is 35.1 Å². The van der Waals surface area contributed by atoms with Gasteiger partial charge in [0.2, 0.25) is 6.29 Å². The maximum absolute atomic E-state index is 14.1. The number of hydrogen-bond acceptors (Lipinski definition) is 5. The number of ether oxygens (including phenoxy) is 2. The van der Waals surface area contributed by atoms with Gasteiger partial charge in [-0.3, -0.25) is 19.3 Å². The summed E-state index contributed by atoms with van der Waals surface area (Å²) < 4.78 is 37.4. The average molecular weight is 433 g/mol. The van der Waals surface area contributed by atoms with Gasteiger partial charge in [-0.25, -0.2) is 10.3 Å². The van der Waals surface area contributed by atoms with E-state index in [-0.39, 0.29) is 33.7 Å². The fourth-order valence-corrected chi connectivity index (χ4v) is 2.74. The molecule has 1 heterocycles. The van der Waals surface area contributed by atoms with Crippen LogP contribution < -0.4 is 5.48 Å². The van der Waals surface area contributed by atoms with E-state index in [1.54, 1.807) is 18.2 Å². The van der Waals surface area contributed by atoms with Crippen molar-refractivity contribution in [1.82, 2.24) is 10.5 Å². The maximum Gasteiger partial charge on any atom is 0.488 e. The number of pyridine rings is 1. The summed E-state index contributed by atoms with van der Waals surface area (Å²) in [6, 6.07) is 8.04. The molecule has 1 unspecified atom stereocenters. The predicted octanol–water partition coefficient (Wildman–Crippen LogP) is 4.74. The number of aromatic nitrogens is 1. The molecule has 1 amide bonds. The first-order valence-corrected chi connectivity index (χ1v) is 9.11. The Hall–Kier alpha value is -1.84. The number of carbonyl (C=O) groups excluding carboxylic acids is 1. The smallest absolute Gasteiger partial charge is 0.295 e. The van der Waals surface area contributed by atoms with Gasteiger partial charge in [0.15, 0.2) is 0 Å². The van der Waals surface area contributed by atoms with Gasteiger partial charge in [0.05, 0.1) is 22.2 Å². The van der Waals surface area contributed by atoms with E-state index in [4.69, 9.17) is 28.0 Å². The Kier molecular flexibility index (Phi) is 6.79. The molecule has 150 valence electrons. The van der Waals surface area contributed by atoms with Gasteiger partial charge in [-0.05, 0) is 30.9 Å². The van der Waals surface area contributed by atoms with E-state index >= 15 is 0 Å². The monoisotopic (exact) mass is 432 g/mol. The number of alkyl halides is 2. The minimum absolute atomic E-state index is 0.0792. The fraction of sp³-hybridized carbons (Fsp3) is 0.333. The number of hydrogen-bond donors (Lipinski definition) is 1. The molecular weight excluding hydrogens is 417 g/mol. The van der Waals surface area contributed by atoms with E-state index in [0.29, 0.717) is 0 Å². The second-order valence-electron chi connectivity index (χ2n) is 6.10. The van der Waals surface area contributed by atoms with Gasteiger partial charge in [0.25, 0.3) is 5.91 Å². The molecule has 6 nitrogen and oxygen atoms in total. The molecule has 28 heavy (non-hydrogen) atoms. The first-order valence-electron chi connectivity index (χ1n) is 8.35. The zero-order chi connectivity index (χ0) is 20.1. The van der Waals surface area contributed by atoms with Crippen LogP contribution in [-0.2, 0) is 14.3 Å². The molecule has 1 aromatic carbocycles. The molecule has 1 N–H and O–H groups in total. The van der Waals surface area contributed by atoms with Crippen molar-refractivity contribution in [3.05, 3.63) is 63.9 Å². The van der Waals surface area contributed by atoms with Gasteiger partial charge in [-0.2, -0.15) is 0 Å². The van der Waals surface area contributed by atoms with Crippen molar-refractivity contribution >= 4 is 29.1 Å². The van der Waals surface area contributed by atoms with Gasteiger partial charge < -0.3 is 0 Å². The summed E-state index contributed by atoms with van der Waals surface area (Å²) in [7, 11) is 0. The van der Waals surface area contributed by atoms with Crippen molar-refractivity contribution in [1.29, 1.82) is 0 Å². The standard InChI is InChI=1S/C18H16Cl2F2N2O4/c19-13-8-23-9-14(20)15(13)17(27-18(21,22)26-10-11-6-7-11)28-24-16(25)12-4-2-1-3-5-12/h1-5,8-9,11,17H,6-7,10H2,(H,24,25). The number of nitrogens with zero attached hydrogens (tertiary/aromatic N) is 1. The minimum atomic E-state index is -3.99. The van der Waals surface area contributed by atoms with Crippen LogP contribution in [0.5, 0.6) is 0 Å². The van der Waals surface area contributed by atoms with E-state index in [0.717, 1.165) is 12.8 Å². The lowest BCUT2D eigenvalue weighted by Gasteiger charge is -2.25. The third kappa shape index (κ3) is 5.83. The summed E-state index contributed by atoms with van der Waals surface area (Å²) >= 11 is 12.0. The third-order valence-electron chi connectivity index (χ3n) is 3.85. The zero-order valence-electron chi connectivity index (χ0n) is 14.4. The number of carbonyl (C=O) groups is 1. The van der Waals surface area contributed by atoms with E-state index < -0.39 is 18.5 Å². The van der Waals surface area contributed by atoms with E-state index in [9.17, 15) is 13.6 Å². The molecule has 0 aliphatic heterocycles. The molecule has 0 saturated heterocycles. The first-order chi connectivity index (χ1) is 13.4. The predicted molar refractivity (Wildman–Crippen MR) is 96.7 cm³/mol. The number of halogens is 4. The van der Waals surface area contributed by atoms with Crippen LogP contribution in [0.2, 0.25) is 10.0 Å². The number of amides is 1. The molecule has 0 spiro atoms. The summed E-state index contributed by atoms with van der Waals surface area (Å²) in [6.45, 7) is -0.159. The second kappa shape index (κ2) is 9.11. The lowest BCUT2D eigenvalue weighted by Crippen LogP contribution is -2.34. The molecule has 0 bridgehead atoms. The Morgan fingerprint density at radius 2 is 1.86 bits per heavy atom. The van der Waals surface area contributed by atoms with Gasteiger partial charge in [0, 0.05) is 18.0 Å². The molecule has 1 fully saturated rings. The third-order valence-corrected chi connectivity index (χ3v) is 4.45. The Bertz CT molecular complexity index is 802. The Morgan fingerprint density at radius 3 is 2.46 bits per heavy atom. The van der Waals surface area contributed by atoms with Crippen LogP contribution in [0.25, 0.3) is 0 Å². The highest BCUT2D eigenvalue weighted by atomic mass is 35.5. The van der Waals surface area contributed by atoms with Gasteiger partial charge >= 0.3 is 6.29 Å². The van der Waals surface area contributed by atoms with E-state index in [2.05, 4.69) is 19.9 Å². The van der Waals surface area contributed by atoms with Crippen molar-refractivity contribution in [3.63, 3.8) is 0 Å². The summed E-state index contributed by atoms with van der Waals surface area (Å²) in [5.74, 6) is -0.586. The van der Waals surface area contributed by atoms with Gasteiger partial charge in [-0.1, -0.05) is 41.4 Å². The van der Waals surface area contributed by atoms with Crippen LogP contribution >= 0.6 is 23.2 Å². The van der Waals surface area contributed by atoms with Crippen LogP contribution in [0, 0.1) is 5.92 Å². The number of benzene rings is 1.